The number of methoxy groups -OCH3 is 1. The van der Waals surface area contributed by atoms with Gasteiger partial charge in [0.2, 0.25) is 18.1 Å². The average molecular weight is 877 g/mol. The average Bonchev–Trinajstić information content (AvgIpc) is 3.35. The predicted octanol–water partition coefficient (Wildman–Crippen LogP) is 8.02. The van der Waals surface area contributed by atoms with Gasteiger partial charge >= 0.3 is 29.5 Å². The molecule has 1 fully saturated rings. The summed E-state index contributed by atoms with van der Waals surface area (Å²) in [7, 11) is 1.32. The second-order valence-electron chi connectivity index (χ2n) is 14.5. The molecule has 14 heteroatoms. The second-order valence-corrected chi connectivity index (χ2v) is 14.5. The van der Waals surface area contributed by atoms with Crippen molar-refractivity contribution in [3.63, 3.8) is 0 Å². The molecule has 0 bridgehead atoms. The van der Waals surface area contributed by atoms with E-state index < -0.39 is 66.8 Å². The maximum atomic E-state index is 14.0. The van der Waals surface area contributed by atoms with Crippen LogP contribution in [0.15, 0.2) is 179 Å². The Morgan fingerprint density at radius 2 is 1.02 bits per heavy atom. The van der Waals surface area contributed by atoms with E-state index in [2.05, 4.69) is 0 Å². The van der Waals surface area contributed by atoms with E-state index in [9.17, 15) is 24.0 Å². The number of carbonyl (C=O) groups is 4. The summed E-state index contributed by atoms with van der Waals surface area (Å²) in [6.07, 6.45) is -8.00. The highest BCUT2D eigenvalue weighted by Crippen LogP contribution is 2.37. The highest BCUT2D eigenvalue weighted by molar-refractivity contribution is 5.92. The van der Waals surface area contributed by atoms with Crippen molar-refractivity contribution in [2.45, 2.75) is 37.3 Å². The van der Waals surface area contributed by atoms with Crippen LogP contribution in [-0.4, -0.2) is 68.3 Å². The molecule has 0 N–H and O–H groups in total. The van der Waals surface area contributed by atoms with Crippen LogP contribution in [-0.2, 0) is 30.3 Å². The zero-order chi connectivity index (χ0) is 45.1. The minimum absolute atomic E-state index is 0.0264. The first-order valence-corrected chi connectivity index (χ1v) is 20.4. The Kier molecular flexibility index (Phi) is 13.6. The third-order valence-electron chi connectivity index (χ3n) is 10.2. The number of rotatable bonds is 15. The minimum atomic E-state index is -1.67. The first kappa shape index (κ1) is 43.4. The molecule has 0 unspecified atom stereocenters. The summed E-state index contributed by atoms with van der Waals surface area (Å²) in [5.74, 6) is -3.34. The fraction of sp³-hybridized carbons (Fsp3) is 0.157. The number of esters is 4. The summed E-state index contributed by atoms with van der Waals surface area (Å²) < 4.78 is 54.2. The predicted molar refractivity (Wildman–Crippen MR) is 233 cm³/mol. The van der Waals surface area contributed by atoms with E-state index in [1.165, 1.54) is 55.6 Å². The molecule has 65 heavy (non-hydrogen) atoms. The van der Waals surface area contributed by atoms with Crippen molar-refractivity contribution in [2.24, 2.45) is 0 Å². The zero-order valence-corrected chi connectivity index (χ0v) is 34.7. The van der Waals surface area contributed by atoms with E-state index in [4.69, 9.17) is 42.3 Å². The Morgan fingerprint density at radius 3 is 1.54 bits per heavy atom. The van der Waals surface area contributed by atoms with Gasteiger partial charge in [-0.2, -0.15) is 0 Å². The summed E-state index contributed by atoms with van der Waals surface area (Å²) in [5, 5.41) is 0.356. The molecule has 328 valence electrons. The van der Waals surface area contributed by atoms with Crippen LogP contribution < -0.4 is 19.8 Å². The first-order valence-electron chi connectivity index (χ1n) is 20.4. The lowest BCUT2D eigenvalue weighted by Gasteiger charge is -2.44. The standard InChI is InChI=1S/C51H40O14/c1-57-44-41(58-30-32-17-7-2-8-18-32)38-28-27-37(29-39(38)61-50(44)56)60-51-45(65-49(55)36-25-15-6-16-26-36)43(64-48(54)35-23-13-5-14-24-35)42(63-47(53)34-21-11-4-12-22-34)40(62-51)31-59-46(52)33-19-9-3-10-20-33/h2-29,40,42-43,45,51H,30-31H2,1H3/t40-,42-,43+,45-,51-/m1/s1. The van der Waals surface area contributed by atoms with Crippen LogP contribution in [0.2, 0.25) is 0 Å². The Labute approximate surface area is 371 Å². The van der Waals surface area contributed by atoms with Crippen LogP contribution in [0.25, 0.3) is 11.0 Å². The maximum absolute atomic E-state index is 14.0. The molecule has 1 aliphatic heterocycles. The maximum Gasteiger partial charge on any atom is 0.383 e. The molecular weight excluding hydrogens is 837 g/mol. The first-order chi connectivity index (χ1) is 31.7. The van der Waals surface area contributed by atoms with E-state index >= 15 is 0 Å². The summed E-state index contributed by atoms with van der Waals surface area (Å²) in [6.45, 7) is -0.457. The number of hydrogen-bond acceptors (Lipinski definition) is 14. The van der Waals surface area contributed by atoms with Gasteiger partial charge in [0.15, 0.2) is 18.0 Å². The van der Waals surface area contributed by atoms with Gasteiger partial charge in [-0.15, -0.1) is 0 Å². The van der Waals surface area contributed by atoms with Gasteiger partial charge in [0, 0.05) is 6.07 Å². The topological polar surface area (TPSA) is 172 Å². The molecule has 5 atom stereocenters. The van der Waals surface area contributed by atoms with Crippen molar-refractivity contribution in [1.82, 2.24) is 0 Å². The molecule has 0 aliphatic carbocycles. The number of benzene rings is 6. The number of ether oxygens (including phenoxy) is 8. The summed E-state index contributed by atoms with van der Waals surface area (Å²) in [5.41, 5.74) is 0.631. The zero-order valence-electron chi connectivity index (χ0n) is 34.7. The van der Waals surface area contributed by atoms with Crippen LogP contribution in [0, 0.1) is 0 Å². The number of hydrogen-bond donors (Lipinski definition) is 0. The Bertz CT molecular complexity index is 2800. The highest BCUT2D eigenvalue weighted by Gasteiger charge is 2.54. The number of carbonyl (C=O) groups excluding carboxylic acids is 4. The van der Waals surface area contributed by atoms with Gasteiger partial charge in [0.1, 0.15) is 30.7 Å². The molecule has 1 aromatic heterocycles. The molecule has 1 aliphatic rings. The molecule has 0 spiro atoms. The van der Waals surface area contributed by atoms with E-state index in [0.717, 1.165) is 5.56 Å². The largest absolute Gasteiger partial charge is 0.487 e. The molecule has 0 amide bonds. The normalized spacial score (nSPS) is 17.8. The van der Waals surface area contributed by atoms with Crippen molar-refractivity contribution in [1.29, 1.82) is 0 Å². The van der Waals surface area contributed by atoms with Gasteiger partial charge < -0.3 is 42.3 Å². The second kappa shape index (κ2) is 20.3. The molecule has 8 rings (SSSR count). The fourth-order valence-electron chi connectivity index (χ4n) is 7.01. The lowest BCUT2D eigenvalue weighted by Crippen LogP contribution is -2.63. The summed E-state index contributed by atoms with van der Waals surface area (Å²) in [6, 6.07) is 46.0. The molecule has 2 heterocycles. The van der Waals surface area contributed by atoms with E-state index in [0.29, 0.717) is 5.39 Å². The van der Waals surface area contributed by atoms with Crippen molar-refractivity contribution < 1.29 is 61.5 Å². The smallest absolute Gasteiger partial charge is 0.383 e. The van der Waals surface area contributed by atoms with Gasteiger partial charge in [-0.05, 0) is 66.2 Å². The van der Waals surface area contributed by atoms with E-state index in [1.54, 1.807) is 91.0 Å². The molecule has 0 radical (unpaired) electrons. The lowest BCUT2D eigenvalue weighted by atomic mass is 9.97. The third-order valence-corrected chi connectivity index (χ3v) is 10.2. The Hall–Kier alpha value is -8.23. The lowest BCUT2D eigenvalue weighted by molar-refractivity contribution is -0.275. The van der Waals surface area contributed by atoms with E-state index in [-0.39, 0.29) is 51.7 Å². The van der Waals surface area contributed by atoms with Gasteiger partial charge in [-0.25, -0.2) is 24.0 Å². The third kappa shape index (κ3) is 10.4. The van der Waals surface area contributed by atoms with Crippen molar-refractivity contribution in [3.8, 4) is 17.2 Å². The van der Waals surface area contributed by atoms with Crippen LogP contribution in [0.4, 0.5) is 0 Å². The van der Waals surface area contributed by atoms with E-state index in [1.807, 2.05) is 30.3 Å². The fourth-order valence-corrected chi connectivity index (χ4v) is 7.01. The van der Waals surface area contributed by atoms with Crippen LogP contribution >= 0.6 is 0 Å². The Morgan fingerprint density at radius 1 is 0.538 bits per heavy atom. The van der Waals surface area contributed by atoms with Crippen LogP contribution in [0.1, 0.15) is 47.0 Å². The Balaban J connectivity index is 1.21. The van der Waals surface area contributed by atoms with Crippen molar-refractivity contribution in [2.75, 3.05) is 13.7 Å². The number of fused-ring (bicyclic) bond motifs is 1. The molecule has 6 aromatic carbocycles. The van der Waals surface area contributed by atoms with Crippen molar-refractivity contribution >= 4 is 34.8 Å². The van der Waals surface area contributed by atoms with Gasteiger partial charge in [-0.1, -0.05) is 103 Å². The quantitative estimate of drug-likeness (QED) is 0.0551. The van der Waals surface area contributed by atoms with Crippen LogP contribution in [0.3, 0.4) is 0 Å². The van der Waals surface area contributed by atoms with Gasteiger partial charge in [0.05, 0.1) is 34.7 Å². The molecule has 7 aromatic rings. The molecule has 1 saturated heterocycles. The molecule has 0 saturated carbocycles. The highest BCUT2D eigenvalue weighted by atomic mass is 16.7. The summed E-state index contributed by atoms with van der Waals surface area (Å²) >= 11 is 0. The van der Waals surface area contributed by atoms with Gasteiger partial charge in [0.25, 0.3) is 0 Å². The SMILES string of the molecule is COc1c(OCc2ccccc2)c2ccc(O[C@@H]3O[C@H](COC(=O)c4ccccc4)[C@@H](OC(=O)c4ccccc4)[C@H](OC(=O)c4ccccc4)[C@H]3OC(=O)c3ccccc3)cc2oc1=O. The minimum Gasteiger partial charge on any atom is -0.487 e. The van der Waals surface area contributed by atoms with Crippen LogP contribution in [0.5, 0.6) is 17.2 Å². The monoisotopic (exact) mass is 876 g/mol. The summed E-state index contributed by atoms with van der Waals surface area (Å²) in [4.78, 5) is 68.4. The molecular formula is C51H40O14. The molecule has 14 nitrogen and oxygen atoms in total. The van der Waals surface area contributed by atoms with Crippen molar-refractivity contribution in [3.05, 3.63) is 208 Å². The van der Waals surface area contributed by atoms with Gasteiger partial charge in [-0.3, -0.25) is 0 Å².